The molecule has 1 heterocycles. The van der Waals surface area contributed by atoms with Crippen LogP contribution < -0.4 is 4.72 Å². The molecular formula is C15H11N3O3S. The number of hydrogen-bond acceptors (Lipinski definition) is 5. The summed E-state index contributed by atoms with van der Waals surface area (Å²) in [5.74, 6) is 0.476. The van der Waals surface area contributed by atoms with E-state index >= 15 is 0 Å². The Morgan fingerprint density at radius 2 is 1.91 bits per heavy atom. The van der Waals surface area contributed by atoms with Crippen molar-refractivity contribution in [2.45, 2.75) is 11.8 Å². The summed E-state index contributed by atoms with van der Waals surface area (Å²) in [6.45, 7) is 1.70. The third-order valence-corrected chi connectivity index (χ3v) is 4.42. The fourth-order valence-electron chi connectivity index (χ4n) is 2.01. The number of hydrogen-bond donors (Lipinski definition) is 1. The minimum Gasteiger partial charge on any atom is -0.441 e. The Kier molecular flexibility index (Phi) is 3.31. The Hall–Kier alpha value is -2.85. The van der Waals surface area contributed by atoms with Gasteiger partial charge in [-0.25, -0.2) is 13.4 Å². The Labute approximate surface area is 127 Å². The average Bonchev–Trinajstić information content (AvgIpc) is 2.86. The van der Waals surface area contributed by atoms with Gasteiger partial charge in [0.25, 0.3) is 10.0 Å². The van der Waals surface area contributed by atoms with E-state index in [0.717, 1.165) is 0 Å². The van der Waals surface area contributed by atoms with Crippen LogP contribution in [0.2, 0.25) is 0 Å². The maximum absolute atomic E-state index is 12.4. The molecule has 0 aliphatic heterocycles. The molecule has 3 rings (SSSR count). The van der Waals surface area contributed by atoms with Gasteiger partial charge in [0, 0.05) is 18.7 Å². The van der Waals surface area contributed by atoms with Crippen molar-refractivity contribution < 1.29 is 12.8 Å². The average molecular weight is 313 g/mol. The fraction of sp³-hybridized carbons (Fsp3) is 0.0667. The van der Waals surface area contributed by atoms with E-state index in [4.69, 9.17) is 9.68 Å². The second-order valence-corrected chi connectivity index (χ2v) is 6.34. The number of nitriles is 1. The van der Waals surface area contributed by atoms with Gasteiger partial charge in [-0.1, -0.05) is 0 Å². The highest BCUT2D eigenvalue weighted by atomic mass is 32.2. The zero-order valence-electron chi connectivity index (χ0n) is 11.6. The second-order valence-electron chi connectivity index (χ2n) is 4.66. The van der Waals surface area contributed by atoms with E-state index in [0.29, 0.717) is 28.2 Å². The zero-order chi connectivity index (χ0) is 15.7. The van der Waals surface area contributed by atoms with Gasteiger partial charge in [-0.2, -0.15) is 5.26 Å². The Balaban J connectivity index is 1.94. The predicted octanol–water partition coefficient (Wildman–Crippen LogP) is 2.81. The molecule has 0 atom stereocenters. The lowest BCUT2D eigenvalue weighted by Gasteiger charge is -2.07. The fourth-order valence-corrected chi connectivity index (χ4v) is 3.09. The van der Waals surface area contributed by atoms with Gasteiger partial charge in [0.05, 0.1) is 16.5 Å². The molecule has 0 amide bonds. The van der Waals surface area contributed by atoms with E-state index in [9.17, 15) is 8.42 Å². The number of nitrogens with zero attached hydrogens (tertiary/aromatic N) is 2. The molecular weight excluding hydrogens is 302 g/mol. The molecule has 1 N–H and O–H groups in total. The summed E-state index contributed by atoms with van der Waals surface area (Å²) < 4.78 is 32.5. The summed E-state index contributed by atoms with van der Waals surface area (Å²) in [6, 6.07) is 12.6. The SMILES string of the molecule is Cc1nc2ccc(S(=O)(=O)Nc3ccc(C#N)cc3)cc2o1. The van der Waals surface area contributed by atoms with E-state index in [1.807, 2.05) is 6.07 Å². The lowest BCUT2D eigenvalue weighted by molar-refractivity contribution is 0.559. The predicted molar refractivity (Wildman–Crippen MR) is 80.7 cm³/mol. The topological polar surface area (TPSA) is 96.0 Å². The summed E-state index contributed by atoms with van der Waals surface area (Å²) in [5.41, 5.74) is 1.87. The van der Waals surface area contributed by atoms with Crippen LogP contribution in [0.3, 0.4) is 0 Å². The third kappa shape index (κ3) is 2.64. The van der Waals surface area contributed by atoms with Crippen LogP contribution in [0.15, 0.2) is 51.8 Å². The Bertz CT molecular complexity index is 983. The first-order valence-electron chi connectivity index (χ1n) is 6.38. The van der Waals surface area contributed by atoms with E-state index in [1.165, 1.54) is 24.3 Å². The van der Waals surface area contributed by atoms with Crippen molar-refractivity contribution in [3.8, 4) is 6.07 Å². The summed E-state index contributed by atoms with van der Waals surface area (Å²) in [4.78, 5) is 4.21. The Morgan fingerprint density at radius 1 is 1.18 bits per heavy atom. The molecule has 0 bridgehead atoms. The quantitative estimate of drug-likeness (QED) is 0.802. The first-order chi connectivity index (χ1) is 10.5. The summed E-state index contributed by atoms with van der Waals surface area (Å²) in [7, 11) is -3.74. The molecule has 0 radical (unpaired) electrons. The van der Waals surface area contributed by atoms with Gasteiger partial charge < -0.3 is 4.42 Å². The molecule has 0 unspecified atom stereocenters. The zero-order valence-corrected chi connectivity index (χ0v) is 12.4. The van der Waals surface area contributed by atoms with Gasteiger partial charge in [-0.3, -0.25) is 4.72 Å². The third-order valence-electron chi connectivity index (χ3n) is 3.04. The van der Waals surface area contributed by atoms with E-state index < -0.39 is 10.0 Å². The lowest BCUT2D eigenvalue weighted by Crippen LogP contribution is -2.12. The number of anilines is 1. The smallest absolute Gasteiger partial charge is 0.262 e. The van der Waals surface area contributed by atoms with Gasteiger partial charge in [0.2, 0.25) is 0 Å². The van der Waals surface area contributed by atoms with Crippen LogP contribution in [0.5, 0.6) is 0 Å². The van der Waals surface area contributed by atoms with Crippen molar-refractivity contribution in [2.75, 3.05) is 4.72 Å². The molecule has 0 aliphatic rings. The largest absolute Gasteiger partial charge is 0.441 e. The number of aromatic nitrogens is 1. The number of fused-ring (bicyclic) bond motifs is 1. The van der Waals surface area contributed by atoms with Gasteiger partial charge in [0.15, 0.2) is 11.5 Å². The van der Waals surface area contributed by atoms with Crippen LogP contribution in [-0.2, 0) is 10.0 Å². The molecule has 7 heteroatoms. The monoisotopic (exact) mass is 313 g/mol. The van der Waals surface area contributed by atoms with E-state index in [2.05, 4.69) is 9.71 Å². The molecule has 0 saturated heterocycles. The van der Waals surface area contributed by atoms with Crippen molar-refractivity contribution >= 4 is 26.8 Å². The van der Waals surface area contributed by atoms with Gasteiger partial charge >= 0.3 is 0 Å². The molecule has 0 aliphatic carbocycles. The van der Waals surface area contributed by atoms with Crippen molar-refractivity contribution in [3.05, 3.63) is 53.9 Å². The molecule has 0 fully saturated rings. The molecule has 1 aromatic heterocycles. The normalized spacial score (nSPS) is 11.3. The first kappa shape index (κ1) is 14.1. The van der Waals surface area contributed by atoms with E-state index in [-0.39, 0.29) is 4.90 Å². The number of rotatable bonds is 3. The minimum atomic E-state index is -3.74. The maximum Gasteiger partial charge on any atom is 0.262 e. The summed E-state index contributed by atoms with van der Waals surface area (Å²) in [5, 5.41) is 8.74. The number of sulfonamides is 1. The van der Waals surface area contributed by atoms with E-state index in [1.54, 1.807) is 25.1 Å². The van der Waals surface area contributed by atoms with Crippen LogP contribution >= 0.6 is 0 Å². The molecule has 6 nitrogen and oxygen atoms in total. The number of oxazole rings is 1. The van der Waals surface area contributed by atoms with Crippen LogP contribution in [0.1, 0.15) is 11.5 Å². The molecule has 110 valence electrons. The first-order valence-corrected chi connectivity index (χ1v) is 7.86. The highest BCUT2D eigenvalue weighted by molar-refractivity contribution is 7.92. The van der Waals surface area contributed by atoms with Crippen molar-refractivity contribution in [2.24, 2.45) is 0 Å². The van der Waals surface area contributed by atoms with Crippen molar-refractivity contribution in [1.82, 2.24) is 4.98 Å². The van der Waals surface area contributed by atoms with Crippen molar-refractivity contribution in [3.63, 3.8) is 0 Å². The maximum atomic E-state index is 12.4. The van der Waals surface area contributed by atoms with Crippen molar-refractivity contribution in [1.29, 1.82) is 5.26 Å². The molecule has 0 saturated carbocycles. The molecule has 0 spiro atoms. The summed E-state index contributed by atoms with van der Waals surface area (Å²) >= 11 is 0. The second kappa shape index (κ2) is 5.16. The summed E-state index contributed by atoms with van der Waals surface area (Å²) in [6.07, 6.45) is 0. The van der Waals surface area contributed by atoms with Crippen LogP contribution in [0, 0.1) is 18.3 Å². The number of nitrogens with one attached hydrogen (secondary N) is 1. The van der Waals surface area contributed by atoms with Gasteiger partial charge in [-0.15, -0.1) is 0 Å². The Morgan fingerprint density at radius 3 is 2.59 bits per heavy atom. The number of aryl methyl sites for hydroxylation is 1. The lowest BCUT2D eigenvalue weighted by atomic mass is 10.2. The highest BCUT2D eigenvalue weighted by Gasteiger charge is 2.16. The standard InChI is InChI=1S/C15H11N3O3S/c1-10-17-14-7-6-13(8-15(14)21-10)22(19,20)18-12-4-2-11(9-16)3-5-12/h2-8,18H,1H3. The van der Waals surface area contributed by atoms with Crippen LogP contribution in [0.4, 0.5) is 5.69 Å². The highest BCUT2D eigenvalue weighted by Crippen LogP contribution is 2.22. The van der Waals surface area contributed by atoms with Crippen LogP contribution in [0.25, 0.3) is 11.1 Å². The molecule has 2 aromatic carbocycles. The molecule has 3 aromatic rings. The number of benzene rings is 2. The van der Waals surface area contributed by atoms with Crippen LogP contribution in [-0.4, -0.2) is 13.4 Å². The molecule has 22 heavy (non-hydrogen) atoms. The van der Waals surface area contributed by atoms with Gasteiger partial charge in [-0.05, 0) is 36.4 Å². The van der Waals surface area contributed by atoms with Gasteiger partial charge in [0.1, 0.15) is 5.52 Å². The minimum absolute atomic E-state index is 0.0838.